The van der Waals surface area contributed by atoms with Gasteiger partial charge in [0.2, 0.25) is 0 Å². The Morgan fingerprint density at radius 2 is 1.79 bits per heavy atom. The summed E-state index contributed by atoms with van der Waals surface area (Å²) in [7, 11) is 4.05. The maximum absolute atomic E-state index is 15.4. The molecule has 0 atom stereocenters. The number of halogens is 1. The number of nitrogens with one attached hydrogen (secondary N) is 1. The van der Waals surface area contributed by atoms with Gasteiger partial charge in [0.1, 0.15) is 5.82 Å². The van der Waals surface area contributed by atoms with Crippen LogP contribution >= 0.6 is 0 Å². The highest BCUT2D eigenvalue weighted by Crippen LogP contribution is 2.34. The number of nitrogens with zero attached hydrogens (tertiary/aromatic N) is 5. The van der Waals surface area contributed by atoms with E-state index in [1.807, 2.05) is 37.2 Å². The molecule has 0 radical (unpaired) electrons. The van der Waals surface area contributed by atoms with Crippen LogP contribution in [0.15, 0.2) is 48.9 Å². The Morgan fingerprint density at radius 3 is 2.56 bits per heavy atom. The molecule has 0 bridgehead atoms. The molecule has 3 aromatic rings. The quantitative estimate of drug-likeness (QED) is 0.560. The molecular formula is C27H35FN6. The Kier molecular flexibility index (Phi) is 6.40. The fourth-order valence-electron chi connectivity index (χ4n) is 5.14. The molecule has 2 saturated heterocycles. The van der Waals surface area contributed by atoms with Crippen LogP contribution in [0.5, 0.6) is 0 Å². The minimum absolute atomic E-state index is 0.402. The lowest BCUT2D eigenvalue weighted by Crippen LogP contribution is -2.42. The molecule has 1 aromatic carbocycles. The molecule has 0 saturated carbocycles. The van der Waals surface area contributed by atoms with Gasteiger partial charge >= 0.3 is 0 Å². The highest BCUT2D eigenvalue weighted by Gasteiger charge is 2.36. The summed E-state index contributed by atoms with van der Waals surface area (Å²) >= 11 is 0. The van der Waals surface area contributed by atoms with E-state index in [2.05, 4.69) is 50.0 Å². The first kappa shape index (κ1) is 23.0. The number of fused-ring (bicyclic) bond motifs is 1. The van der Waals surface area contributed by atoms with Gasteiger partial charge in [0.25, 0.3) is 0 Å². The normalized spacial score (nSPS) is 19.4. The zero-order valence-electron chi connectivity index (χ0n) is 20.4. The number of hydrogen-bond donors (Lipinski definition) is 1. The van der Waals surface area contributed by atoms with E-state index in [0.717, 1.165) is 49.1 Å². The number of alkyl halides is 1. The number of pyridine rings is 1. The summed E-state index contributed by atoms with van der Waals surface area (Å²) in [6.45, 7) is 8.71. The number of aryl methyl sites for hydroxylation is 1. The van der Waals surface area contributed by atoms with Crippen molar-refractivity contribution in [3.8, 4) is 11.1 Å². The minimum atomic E-state index is -1.40. The Bertz CT molecular complexity index is 1170. The van der Waals surface area contributed by atoms with Crippen LogP contribution in [0, 0.1) is 0 Å². The van der Waals surface area contributed by atoms with Crippen molar-refractivity contribution in [1.29, 1.82) is 0 Å². The molecule has 4 heterocycles. The molecule has 2 aromatic heterocycles. The second-order valence-corrected chi connectivity index (χ2v) is 9.97. The number of hydrogen-bond acceptors (Lipinski definition) is 5. The van der Waals surface area contributed by atoms with E-state index in [9.17, 15) is 0 Å². The lowest BCUT2D eigenvalue weighted by molar-refractivity contribution is 0.103. The molecule has 0 unspecified atom stereocenters. The van der Waals surface area contributed by atoms with Gasteiger partial charge in [-0.3, -0.25) is 9.58 Å². The smallest absolute Gasteiger partial charge is 0.152 e. The Labute approximate surface area is 201 Å². The number of rotatable bonds is 6. The molecule has 0 spiro atoms. The summed E-state index contributed by atoms with van der Waals surface area (Å²) in [6.07, 6.45) is 8.59. The van der Waals surface area contributed by atoms with Crippen molar-refractivity contribution in [1.82, 2.24) is 24.6 Å². The molecule has 2 aliphatic heterocycles. The van der Waals surface area contributed by atoms with E-state index >= 15 is 4.39 Å². The first-order chi connectivity index (χ1) is 16.4. The summed E-state index contributed by atoms with van der Waals surface area (Å²) in [5.41, 5.74) is 2.55. The number of likely N-dealkylation sites (tertiary alicyclic amines) is 2. The Balaban J connectivity index is 1.38. The zero-order valence-corrected chi connectivity index (χ0v) is 20.4. The highest BCUT2D eigenvalue weighted by molar-refractivity contribution is 5.88. The van der Waals surface area contributed by atoms with Crippen LogP contribution in [0.3, 0.4) is 0 Å². The number of aromatic nitrogens is 3. The van der Waals surface area contributed by atoms with Crippen LogP contribution in [-0.4, -0.2) is 63.5 Å². The van der Waals surface area contributed by atoms with Crippen LogP contribution in [0.2, 0.25) is 0 Å². The van der Waals surface area contributed by atoms with Crippen LogP contribution in [0.4, 0.5) is 10.2 Å². The first-order valence-corrected chi connectivity index (χ1v) is 12.4. The van der Waals surface area contributed by atoms with Crippen LogP contribution in [0.25, 0.3) is 21.9 Å². The summed E-state index contributed by atoms with van der Waals surface area (Å²) < 4.78 is 17.4. The van der Waals surface area contributed by atoms with Gasteiger partial charge in [-0.25, -0.2) is 9.37 Å². The largest absolute Gasteiger partial charge is 0.341 e. The predicted octanol–water partition coefficient (Wildman–Crippen LogP) is 4.98. The second kappa shape index (κ2) is 9.47. The number of allylic oxidation sites excluding steroid dienone is 1. The third-order valence-corrected chi connectivity index (χ3v) is 7.52. The molecule has 2 aliphatic rings. The van der Waals surface area contributed by atoms with Gasteiger partial charge in [-0.1, -0.05) is 25.1 Å². The topological polar surface area (TPSA) is 49.2 Å². The molecule has 6 nitrogen and oxygen atoms in total. The lowest BCUT2D eigenvalue weighted by atomic mass is 9.90. The summed E-state index contributed by atoms with van der Waals surface area (Å²) in [5.74, 6) is 0.630. The minimum Gasteiger partial charge on any atom is -0.341 e. The molecule has 5 rings (SSSR count). The van der Waals surface area contributed by atoms with Gasteiger partial charge in [0.05, 0.1) is 11.9 Å². The van der Waals surface area contributed by atoms with Crippen LogP contribution < -0.4 is 5.32 Å². The molecule has 7 heteroatoms. The molecule has 34 heavy (non-hydrogen) atoms. The van der Waals surface area contributed by atoms with E-state index in [-0.39, 0.29) is 0 Å². The maximum Gasteiger partial charge on any atom is 0.152 e. The van der Waals surface area contributed by atoms with Gasteiger partial charge in [0, 0.05) is 49.5 Å². The average Bonchev–Trinajstić information content (AvgIpc) is 3.21. The van der Waals surface area contributed by atoms with Crippen molar-refractivity contribution in [2.45, 2.75) is 44.3 Å². The molecular weight excluding hydrogens is 427 g/mol. The zero-order chi connectivity index (χ0) is 23.7. The highest BCUT2D eigenvalue weighted by atomic mass is 19.1. The van der Waals surface area contributed by atoms with Gasteiger partial charge in [-0.2, -0.15) is 5.10 Å². The molecule has 180 valence electrons. The van der Waals surface area contributed by atoms with Crippen molar-refractivity contribution in [3.63, 3.8) is 0 Å². The van der Waals surface area contributed by atoms with Crippen molar-refractivity contribution in [2.75, 3.05) is 38.5 Å². The average molecular weight is 463 g/mol. The summed E-state index contributed by atoms with van der Waals surface area (Å²) in [5, 5.41) is 9.85. The number of piperidine rings is 2. The number of anilines is 1. The second-order valence-electron chi connectivity index (χ2n) is 9.97. The van der Waals surface area contributed by atoms with Crippen molar-refractivity contribution < 1.29 is 4.39 Å². The van der Waals surface area contributed by atoms with Crippen molar-refractivity contribution in [3.05, 3.63) is 54.6 Å². The maximum atomic E-state index is 15.4. The van der Waals surface area contributed by atoms with Gasteiger partial charge in [-0.15, -0.1) is 0 Å². The predicted molar refractivity (Wildman–Crippen MR) is 136 cm³/mol. The standard InChI is InChI=1S/C27H35FN6/c1-20(27(28)9-13-32(2)14-10-27)31-26-16-23-15-21(7-8-22(23)17-29-26)24-18-30-33(3)25(24)19-34-11-5-4-6-12-34/h7-8,15-18H,1,4-6,9-14,19H2,2-3H3,(H,29,31). The van der Waals surface area contributed by atoms with Crippen molar-refractivity contribution >= 4 is 16.6 Å². The molecule has 1 N–H and O–H groups in total. The lowest BCUT2D eigenvalue weighted by Gasteiger charge is -2.35. The Hall–Kier alpha value is -2.77. The number of benzene rings is 1. The van der Waals surface area contributed by atoms with E-state index < -0.39 is 5.67 Å². The first-order valence-electron chi connectivity index (χ1n) is 12.4. The van der Waals surface area contributed by atoms with E-state index in [1.165, 1.54) is 30.5 Å². The molecule has 0 amide bonds. The molecule has 2 fully saturated rings. The summed E-state index contributed by atoms with van der Waals surface area (Å²) in [6, 6.07) is 8.41. The Morgan fingerprint density at radius 1 is 1.03 bits per heavy atom. The third kappa shape index (κ3) is 4.72. The van der Waals surface area contributed by atoms with E-state index in [0.29, 0.717) is 24.4 Å². The van der Waals surface area contributed by atoms with Gasteiger partial charge in [-0.05, 0) is 68.9 Å². The van der Waals surface area contributed by atoms with Crippen molar-refractivity contribution in [2.24, 2.45) is 7.05 Å². The fraction of sp³-hybridized carbons (Fsp3) is 0.481. The van der Waals surface area contributed by atoms with Gasteiger partial charge < -0.3 is 10.2 Å². The fourth-order valence-corrected chi connectivity index (χ4v) is 5.14. The monoisotopic (exact) mass is 462 g/mol. The SMILES string of the molecule is C=C(Nc1cc2cc(-c3cnn(C)c3CN3CCCCC3)ccc2cn1)C1(F)CCN(C)CC1. The summed E-state index contributed by atoms with van der Waals surface area (Å²) in [4.78, 5) is 9.19. The third-order valence-electron chi connectivity index (χ3n) is 7.52. The van der Waals surface area contributed by atoms with Gasteiger partial charge in [0.15, 0.2) is 5.67 Å². The van der Waals surface area contributed by atoms with Crippen LogP contribution in [0.1, 0.15) is 37.8 Å². The molecule has 0 aliphatic carbocycles. The van der Waals surface area contributed by atoms with Crippen LogP contribution in [-0.2, 0) is 13.6 Å². The van der Waals surface area contributed by atoms with E-state index in [4.69, 9.17) is 0 Å². The van der Waals surface area contributed by atoms with E-state index in [1.54, 1.807) is 0 Å².